The smallest absolute Gasteiger partial charge is 0.127 e. The van der Waals surface area contributed by atoms with Crippen LogP contribution in [0, 0.1) is 0 Å². The van der Waals surface area contributed by atoms with Gasteiger partial charge in [-0.2, -0.15) is 0 Å². The number of hydrogen-bond acceptors (Lipinski definition) is 2. The monoisotopic (exact) mass is 271 g/mol. The highest BCUT2D eigenvalue weighted by atomic mass is 16.5. The van der Waals surface area contributed by atoms with Crippen molar-refractivity contribution in [2.45, 2.75) is 27.7 Å². The number of ether oxygens (including phenoxy) is 1. The third-order valence-corrected chi connectivity index (χ3v) is 2.10. The Kier molecular flexibility index (Phi) is 10.5. The van der Waals surface area contributed by atoms with Gasteiger partial charge in [-0.05, 0) is 42.6 Å². The molecule has 0 aliphatic carbocycles. The van der Waals surface area contributed by atoms with Gasteiger partial charge in [-0.3, -0.25) is 0 Å². The lowest BCUT2D eigenvalue weighted by Gasteiger charge is -2.06. The number of nitrogens with one attached hydrogen (secondary N) is 1. The van der Waals surface area contributed by atoms with Crippen molar-refractivity contribution in [3.05, 3.63) is 67.4 Å². The van der Waals surface area contributed by atoms with E-state index < -0.39 is 0 Å². The first kappa shape index (κ1) is 17.8. The molecule has 0 fully saturated rings. The van der Waals surface area contributed by atoms with Crippen LogP contribution in [0.1, 0.15) is 27.7 Å². The highest BCUT2D eigenvalue weighted by Gasteiger charge is 1.95. The van der Waals surface area contributed by atoms with Gasteiger partial charge >= 0.3 is 0 Å². The van der Waals surface area contributed by atoms with Crippen LogP contribution in [-0.2, 0) is 0 Å². The van der Waals surface area contributed by atoms with E-state index in [1.165, 1.54) is 0 Å². The first-order chi connectivity index (χ1) is 9.88. The van der Waals surface area contributed by atoms with E-state index >= 15 is 0 Å². The van der Waals surface area contributed by atoms with E-state index in [-0.39, 0.29) is 0 Å². The average molecular weight is 271 g/mol. The number of benzene rings is 2. The lowest BCUT2D eigenvalue weighted by atomic mass is 10.3. The van der Waals surface area contributed by atoms with E-state index in [0.29, 0.717) is 0 Å². The minimum absolute atomic E-state index is 0.820. The molecule has 0 heterocycles. The van der Waals surface area contributed by atoms with E-state index in [1.807, 2.05) is 82.3 Å². The molecule has 0 amide bonds. The van der Waals surface area contributed by atoms with Crippen LogP contribution >= 0.6 is 0 Å². The lowest BCUT2D eigenvalue weighted by Crippen LogP contribution is -1.87. The summed E-state index contributed by atoms with van der Waals surface area (Å²) in [5.41, 5.74) is 0.996. The SMILES string of the molecule is C=CNc1ccc(Oc2ccccc2)cc1.CC.CC. The topological polar surface area (TPSA) is 21.3 Å². The molecule has 2 heteroatoms. The first-order valence-corrected chi connectivity index (χ1v) is 7.09. The van der Waals surface area contributed by atoms with E-state index in [0.717, 1.165) is 17.2 Å². The molecule has 20 heavy (non-hydrogen) atoms. The molecule has 0 saturated carbocycles. The van der Waals surface area contributed by atoms with Crippen molar-refractivity contribution in [3.8, 4) is 11.5 Å². The molecular formula is C18H25NO. The van der Waals surface area contributed by atoms with Gasteiger partial charge in [-0.25, -0.2) is 0 Å². The van der Waals surface area contributed by atoms with Crippen LogP contribution in [0.5, 0.6) is 11.5 Å². The van der Waals surface area contributed by atoms with Gasteiger partial charge in [-0.1, -0.05) is 52.5 Å². The van der Waals surface area contributed by atoms with Gasteiger partial charge in [0.05, 0.1) is 0 Å². The summed E-state index contributed by atoms with van der Waals surface area (Å²) in [6, 6.07) is 17.4. The molecule has 2 rings (SSSR count). The van der Waals surface area contributed by atoms with E-state index in [9.17, 15) is 0 Å². The van der Waals surface area contributed by atoms with Crippen molar-refractivity contribution in [2.24, 2.45) is 0 Å². The zero-order valence-corrected chi connectivity index (χ0v) is 12.9. The fourth-order valence-corrected chi connectivity index (χ4v) is 1.36. The number of hydrogen-bond donors (Lipinski definition) is 1. The molecule has 0 aromatic heterocycles. The Bertz CT molecular complexity index is 449. The molecule has 0 saturated heterocycles. The predicted octanol–water partition coefficient (Wildman–Crippen LogP) is 6.09. The van der Waals surface area contributed by atoms with E-state index in [1.54, 1.807) is 6.20 Å². The van der Waals surface area contributed by atoms with Gasteiger partial charge in [0, 0.05) is 5.69 Å². The van der Waals surface area contributed by atoms with Crippen LogP contribution in [0.3, 0.4) is 0 Å². The number of para-hydroxylation sites is 1. The van der Waals surface area contributed by atoms with Crippen molar-refractivity contribution in [3.63, 3.8) is 0 Å². The molecule has 0 aliphatic rings. The molecule has 2 aromatic rings. The maximum Gasteiger partial charge on any atom is 0.127 e. The van der Waals surface area contributed by atoms with Crippen LogP contribution in [0.25, 0.3) is 0 Å². The Balaban J connectivity index is 0.000000829. The second kappa shape index (κ2) is 11.8. The minimum Gasteiger partial charge on any atom is -0.457 e. The molecule has 0 unspecified atom stereocenters. The Hall–Kier alpha value is -2.22. The van der Waals surface area contributed by atoms with Crippen molar-refractivity contribution >= 4 is 5.69 Å². The number of anilines is 1. The Morgan fingerprint density at radius 3 is 1.80 bits per heavy atom. The Labute approximate surface area is 123 Å². The van der Waals surface area contributed by atoms with Crippen LogP contribution in [0.15, 0.2) is 67.4 Å². The summed E-state index contributed by atoms with van der Waals surface area (Å²) in [6.45, 7) is 11.6. The Morgan fingerprint density at radius 2 is 1.30 bits per heavy atom. The van der Waals surface area contributed by atoms with Crippen LogP contribution in [0.4, 0.5) is 5.69 Å². The van der Waals surface area contributed by atoms with Gasteiger partial charge in [0.2, 0.25) is 0 Å². The summed E-state index contributed by atoms with van der Waals surface area (Å²) in [4.78, 5) is 0. The summed E-state index contributed by atoms with van der Waals surface area (Å²) in [6.07, 6.45) is 1.65. The maximum atomic E-state index is 5.66. The van der Waals surface area contributed by atoms with Gasteiger partial charge < -0.3 is 10.1 Å². The molecule has 2 nitrogen and oxygen atoms in total. The quantitative estimate of drug-likeness (QED) is 0.726. The highest BCUT2D eigenvalue weighted by Crippen LogP contribution is 2.22. The first-order valence-electron chi connectivity index (χ1n) is 7.09. The molecule has 0 bridgehead atoms. The van der Waals surface area contributed by atoms with Crippen molar-refractivity contribution < 1.29 is 4.74 Å². The van der Waals surface area contributed by atoms with Gasteiger partial charge in [0.1, 0.15) is 11.5 Å². The largest absolute Gasteiger partial charge is 0.457 e. The summed E-state index contributed by atoms with van der Waals surface area (Å²) in [7, 11) is 0. The normalized spacial score (nSPS) is 8.20. The third-order valence-electron chi connectivity index (χ3n) is 2.10. The molecule has 0 spiro atoms. The highest BCUT2D eigenvalue weighted by molar-refractivity contribution is 5.48. The molecular weight excluding hydrogens is 246 g/mol. The molecule has 0 atom stereocenters. The molecule has 0 aliphatic heterocycles. The fraction of sp³-hybridized carbons (Fsp3) is 0.222. The predicted molar refractivity (Wildman–Crippen MR) is 89.5 cm³/mol. The van der Waals surface area contributed by atoms with E-state index in [2.05, 4.69) is 11.9 Å². The molecule has 1 N–H and O–H groups in total. The van der Waals surface area contributed by atoms with Crippen molar-refractivity contribution in [2.75, 3.05) is 5.32 Å². The minimum atomic E-state index is 0.820. The summed E-state index contributed by atoms with van der Waals surface area (Å²) < 4.78 is 5.66. The summed E-state index contributed by atoms with van der Waals surface area (Å²) in [5.74, 6) is 1.66. The second-order valence-corrected chi connectivity index (χ2v) is 3.29. The third kappa shape index (κ3) is 6.64. The molecule has 108 valence electrons. The fourth-order valence-electron chi connectivity index (χ4n) is 1.36. The van der Waals surface area contributed by atoms with Gasteiger partial charge in [0.25, 0.3) is 0 Å². The molecule has 2 aromatic carbocycles. The second-order valence-electron chi connectivity index (χ2n) is 3.29. The van der Waals surface area contributed by atoms with Crippen LogP contribution in [0.2, 0.25) is 0 Å². The van der Waals surface area contributed by atoms with E-state index in [4.69, 9.17) is 4.74 Å². The van der Waals surface area contributed by atoms with Gasteiger partial charge in [-0.15, -0.1) is 0 Å². The molecule has 0 radical (unpaired) electrons. The summed E-state index contributed by atoms with van der Waals surface area (Å²) in [5, 5.41) is 3.01. The van der Waals surface area contributed by atoms with Crippen molar-refractivity contribution in [1.82, 2.24) is 0 Å². The maximum absolute atomic E-state index is 5.66. The Morgan fingerprint density at radius 1 is 0.800 bits per heavy atom. The average Bonchev–Trinajstić information content (AvgIpc) is 2.54. The van der Waals surface area contributed by atoms with Crippen LogP contribution < -0.4 is 10.1 Å². The van der Waals surface area contributed by atoms with Crippen LogP contribution in [-0.4, -0.2) is 0 Å². The zero-order valence-electron chi connectivity index (χ0n) is 12.9. The van der Waals surface area contributed by atoms with Crippen molar-refractivity contribution in [1.29, 1.82) is 0 Å². The number of rotatable bonds is 4. The summed E-state index contributed by atoms with van der Waals surface area (Å²) >= 11 is 0. The lowest BCUT2D eigenvalue weighted by molar-refractivity contribution is 0.483. The standard InChI is InChI=1S/C14H13NO.2C2H6/c1-2-15-12-8-10-14(11-9-12)16-13-6-4-3-5-7-13;2*1-2/h2-11,15H,1H2;2*1-2H3. The zero-order chi connectivity index (χ0) is 15.2. The van der Waals surface area contributed by atoms with Gasteiger partial charge in [0.15, 0.2) is 0 Å².